The van der Waals surface area contributed by atoms with Gasteiger partial charge in [-0.2, -0.15) is 0 Å². The Bertz CT molecular complexity index is 1120. The number of carboxylic acids is 1. The Morgan fingerprint density at radius 3 is 2.61 bits per heavy atom. The van der Waals surface area contributed by atoms with Crippen molar-refractivity contribution in [3.05, 3.63) is 63.3 Å². The summed E-state index contributed by atoms with van der Waals surface area (Å²) in [5.41, 5.74) is 2.69. The van der Waals surface area contributed by atoms with Crippen molar-refractivity contribution in [2.45, 2.75) is 59.9 Å². The van der Waals surface area contributed by atoms with Crippen LogP contribution in [0.25, 0.3) is 5.57 Å². The molecule has 1 heterocycles. The fourth-order valence-corrected chi connectivity index (χ4v) is 5.48. The van der Waals surface area contributed by atoms with E-state index in [-0.39, 0.29) is 22.9 Å². The summed E-state index contributed by atoms with van der Waals surface area (Å²) in [5.74, 6) is -0.0682. The minimum Gasteiger partial charge on any atom is -0.494 e. The molecule has 3 atom stereocenters. The lowest BCUT2D eigenvalue weighted by molar-refractivity contribution is 0.0693. The van der Waals surface area contributed by atoms with Crippen LogP contribution in [0, 0.1) is 17.3 Å². The summed E-state index contributed by atoms with van der Waals surface area (Å²) in [6.45, 7) is 10.9. The molecule has 1 N–H and O–H groups in total. The maximum Gasteiger partial charge on any atom is 0.341 e. The van der Waals surface area contributed by atoms with E-state index in [0.717, 1.165) is 41.8 Å². The van der Waals surface area contributed by atoms with Crippen LogP contribution in [0.5, 0.6) is 0 Å². The number of pyridine rings is 1. The van der Waals surface area contributed by atoms with Gasteiger partial charge in [-0.15, -0.1) is 0 Å². The monoisotopic (exact) mass is 452 g/mol. The summed E-state index contributed by atoms with van der Waals surface area (Å²) in [5, 5.41) is 9.73. The van der Waals surface area contributed by atoms with Gasteiger partial charge in [-0.3, -0.25) is 9.79 Å². The van der Waals surface area contributed by atoms with E-state index in [2.05, 4.69) is 44.2 Å². The highest BCUT2D eigenvalue weighted by molar-refractivity contribution is 6.18. The van der Waals surface area contributed by atoms with E-state index in [1.165, 1.54) is 6.07 Å². The molecule has 3 unspecified atom stereocenters. The topological polar surface area (TPSA) is 80.9 Å². The zero-order valence-electron chi connectivity index (χ0n) is 20.8. The molecule has 2 aliphatic rings. The number of aromatic nitrogens is 1. The molecule has 0 saturated heterocycles. The van der Waals surface area contributed by atoms with Crippen LogP contribution in [0.2, 0.25) is 0 Å². The molecule has 1 aromatic rings. The van der Waals surface area contributed by atoms with E-state index < -0.39 is 11.4 Å². The Morgan fingerprint density at radius 1 is 1.39 bits per heavy atom. The Kier molecular flexibility index (Phi) is 7.15. The van der Waals surface area contributed by atoms with Crippen molar-refractivity contribution in [2.75, 3.05) is 14.2 Å². The second-order valence-electron chi connectivity index (χ2n) is 9.90. The minimum atomic E-state index is -1.19. The Morgan fingerprint density at radius 2 is 2.09 bits per heavy atom. The Hall–Kier alpha value is -2.89. The lowest BCUT2D eigenvalue weighted by atomic mass is 9.82. The molecule has 1 aromatic heterocycles. The smallest absolute Gasteiger partial charge is 0.341 e. The zero-order valence-corrected chi connectivity index (χ0v) is 20.8. The van der Waals surface area contributed by atoms with E-state index in [9.17, 15) is 14.7 Å². The molecule has 178 valence electrons. The van der Waals surface area contributed by atoms with Crippen molar-refractivity contribution in [3.63, 3.8) is 0 Å². The SMILES string of the molecule is CCC(C)/C(=C1/C=CC=C(OC)C1=NC)c1cc(=O)c(C(=O)O)cn1C1C(C)CCC1(C)C. The molecular weight excluding hydrogens is 416 g/mol. The van der Waals surface area contributed by atoms with E-state index in [1.807, 2.05) is 18.2 Å². The minimum absolute atomic E-state index is 0.0358. The number of hydrogen-bond acceptors (Lipinski definition) is 4. The number of carboxylic acid groups (broad SMARTS) is 1. The van der Waals surface area contributed by atoms with Crippen LogP contribution in [0.3, 0.4) is 0 Å². The summed E-state index contributed by atoms with van der Waals surface area (Å²) in [7, 11) is 3.36. The highest BCUT2D eigenvalue weighted by Crippen LogP contribution is 2.50. The molecule has 6 nitrogen and oxygen atoms in total. The summed E-state index contributed by atoms with van der Waals surface area (Å²) in [6.07, 6.45) is 10.3. The molecule has 2 aliphatic carbocycles. The first kappa shape index (κ1) is 24.7. The van der Waals surface area contributed by atoms with Crippen LogP contribution in [0.1, 0.15) is 76.0 Å². The highest BCUT2D eigenvalue weighted by Gasteiger charge is 2.42. The molecule has 0 aliphatic heterocycles. The third kappa shape index (κ3) is 4.48. The third-order valence-corrected chi connectivity index (χ3v) is 7.31. The van der Waals surface area contributed by atoms with Gasteiger partial charge in [-0.25, -0.2) is 4.79 Å². The molecule has 0 bridgehead atoms. The number of rotatable bonds is 6. The van der Waals surface area contributed by atoms with Gasteiger partial charge < -0.3 is 14.4 Å². The van der Waals surface area contributed by atoms with Crippen molar-refractivity contribution in [1.29, 1.82) is 0 Å². The zero-order chi connectivity index (χ0) is 24.5. The number of allylic oxidation sites excluding steroid dienone is 5. The quantitative estimate of drug-likeness (QED) is 0.617. The number of methoxy groups -OCH3 is 1. The van der Waals surface area contributed by atoms with Crippen molar-refractivity contribution in [3.8, 4) is 0 Å². The number of hydrogen-bond donors (Lipinski definition) is 1. The van der Waals surface area contributed by atoms with Crippen molar-refractivity contribution < 1.29 is 14.6 Å². The predicted molar refractivity (Wildman–Crippen MR) is 133 cm³/mol. The Balaban J connectivity index is 2.43. The van der Waals surface area contributed by atoms with Gasteiger partial charge in [0.25, 0.3) is 0 Å². The maximum atomic E-state index is 13.0. The predicted octanol–water partition coefficient (Wildman–Crippen LogP) is 5.51. The summed E-state index contributed by atoms with van der Waals surface area (Å²) in [4.78, 5) is 29.4. The second kappa shape index (κ2) is 9.54. The molecule has 0 spiro atoms. The van der Waals surface area contributed by atoms with E-state index >= 15 is 0 Å². The molecule has 3 rings (SSSR count). The Labute approximate surface area is 196 Å². The molecular formula is C27H36N2O4. The summed E-state index contributed by atoms with van der Waals surface area (Å²) in [6, 6.07) is 1.59. The maximum absolute atomic E-state index is 13.0. The van der Waals surface area contributed by atoms with Crippen LogP contribution < -0.4 is 5.43 Å². The molecule has 1 saturated carbocycles. The van der Waals surface area contributed by atoms with Gasteiger partial charge in [0, 0.05) is 36.6 Å². The van der Waals surface area contributed by atoms with Crippen molar-refractivity contribution in [1.82, 2.24) is 4.57 Å². The first-order valence-electron chi connectivity index (χ1n) is 11.7. The van der Waals surface area contributed by atoms with Crippen LogP contribution in [-0.2, 0) is 4.74 Å². The van der Waals surface area contributed by atoms with Gasteiger partial charge in [0.2, 0.25) is 0 Å². The summed E-state index contributed by atoms with van der Waals surface area (Å²) >= 11 is 0. The van der Waals surface area contributed by atoms with Gasteiger partial charge in [0.1, 0.15) is 17.0 Å². The van der Waals surface area contributed by atoms with Crippen molar-refractivity contribution in [2.24, 2.45) is 22.2 Å². The fourth-order valence-electron chi connectivity index (χ4n) is 5.48. The van der Waals surface area contributed by atoms with Gasteiger partial charge >= 0.3 is 5.97 Å². The van der Waals surface area contributed by atoms with Gasteiger partial charge in [0.05, 0.1) is 7.11 Å². The second-order valence-corrected chi connectivity index (χ2v) is 9.90. The average Bonchev–Trinajstić information content (AvgIpc) is 3.05. The van der Waals surface area contributed by atoms with E-state index in [1.54, 1.807) is 20.4 Å². The van der Waals surface area contributed by atoms with Gasteiger partial charge in [-0.05, 0) is 48.2 Å². The van der Waals surface area contributed by atoms with Crippen molar-refractivity contribution >= 4 is 17.3 Å². The van der Waals surface area contributed by atoms with Crippen LogP contribution in [0.4, 0.5) is 0 Å². The standard InChI is InChI=1S/C27H36N2O4/c1-8-16(2)23(18-10-9-11-22(33-7)24(18)28-6)20-14-21(30)19(26(31)32)15-29(20)25-17(3)12-13-27(25,4)5/h9-11,14-17,25H,8,12-13H2,1-7H3,(H,31,32)/b23-18+,28-24?. The van der Waals surface area contributed by atoms with Gasteiger partial charge in [-0.1, -0.05) is 46.8 Å². The molecule has 0 radical (unpaired) electrons. The number of aliphatic imine (C=N–C) groups is 1. The van der Waals surface area contributed by atoms with E-state index in [4.69, 9.17) is 4.74 Å². The fraction of sp³-hybridized carbons (Fsp3) is 0.519. The molecule has 0 aromatic carbocycles. The first-order chi connectivity index (χ1) is 15.6. The third-order valence-electron chi connectivity index (χ3n) is 7.31. The number of aromatic carboxylic acids is 1. The van der Waals surface area contributed by atoms with Crippen LogP contribution >= 0.6 is 0 Å². The van der Waals surface area contributed by atoms with Crippen LogP contribution in [0.15, 0.2) is 51.6 Å². The molecule has 6 heteroatoms. The number of nitrogens with zero attached hydrogens (tertiary/aromatic N) is 2. The average molecular weight is 453 g/mol. The van der Waals surface area contributed by atoms with Gasteiger partial charge in [0.15, 0.2) is 5.43 Å². The lowest BCUT2D eigenvalue weighted by Gasteiger charge is -2.36. The summed E-state index contributed by atoms with van der Waals surface area (Å²) < 4.78 is 7.65. The molecule has 1 fully saturated rings. The molecule has 33 heavy (non-hydrogen) atoms. The van der Waals surface area contributed by atoms with E-state index in [0.29, 0.717) is 11.7 Å². The van der Waals surface area contributed by atoms with Crippen LogP contribution in [-0.4, -0.2) is 35.5 Å². The number of ether oxygens (including phenoxy) is 1. The normalized spacial score (nSPS) is 25.7. The first-order valence-corrected chi connectivity index (χ1v) is 11.7. The lowest BCUT2D eigenvalue weighted by Crippen LogP contribution is -2.31. The largest absolute Gasteiger partial charge is 0.494 e. The highest BCUT2D eigenvalue weighted by atomic mass is 16.5. The number of carbonyl (C=O) groups is 1. The molecule has 0 amide bonds.